The van der Waals surface area contributed by atoms with E-state index >= 15 is 0 Å². The van der Waals surface area contributed by atoms with Crippen molar-refractivity contribution < 1.29 is 0 Å². The highest BCUT2D eigenvalue weighted by Gasteiger charge is 2.41. The number of imidazole rings is 1. The standard InChI is InChI=1S/C28H30N10O/c1-4-12-37-27(39)22-14-29-28(31-18-6-8-19(9-7-18)36-16-20-13-21(36)15-34(20)3)33-25(22)38(37)24-11-10-23-26(32-24)35(5-2)17-30-23/h4,6-11,14,17,20-21H,1,5,12-13,15-16H2,2-3H3,(H,29,31,33)/t20-,21-/m0/s1. The number of pyridine rings is 1. The van der Waals surface area contributed by atoms with E-state index in [-0.39, 0.29) is 5.56 Å². The second kappa shape index (κ2) is 9.05. The first-order valence-corrected chi connectivity index (χ1v) is 13.3. The van der Waals surface area contributed by atoms with Crippen LogP contribution >= 0.6 is 0 Å². The molecule has 0 aliphatic carbocycles. The molecule has 6 heterocycles. The number of benzene rings is 1. The Morgan fingerprint density at radius 3 is 2.62 bits per heavy atom. The van der Waals surface area contributed by atoms with Crippen LogP contribution in [0, 0.1) is 0 Å². The highest BCUT2D eigenvalue weighted by atomic mass is 16.1. The molecule has 2 saturated heterocycles. The second-order valence-corrected chi connectivity index (χ2v) is 10.3. The van der Waals surface area contributed by atoms with E-state index in [1.807, 2.05) is 23.6 Å². The summed E-state index contributed by atoms with van der Waals surface area (Å²) >= 11 is 0. The van der Waals surface area contributed by atoms with Crippen LogP contribution in [0.2, 0.25) is 0 Å². The third-order valence-corrected chi connectivity index (χ3v) is 7.95. The summed E-state index contributed by atoms with van der Waals surface area (Å²) < 4.78 is 5.28. The van der Waals surface area contributed by atoms with Crippen molar-refractivity contribution in [2.75, 3.05) is 30.4 Å². The lowest BCUT2D eigenvalue weighted by atomic mass is 10.2. The zero-order valence-electron chi connectivity index (χ0n) is 22.0. The van der Waals surface area contributed by atoms with E-state index in [4.69, 9.17) is 9.97 Å². The third kappa shape index (κ3) is 3.80. The first kappa shape index (κ1) is 23.6. The fraction of sp³-hybridized carbons (Fsp3) is 0.321. The molecule has 2 atom stereocenters. The summed E-state index contributed by atoms with van der Waals surface area (Å²) in [6.45, 7) is 9.12. The number of aromatic nitrogens is 7. The van der Waals surface area contributed by atoms with Gasteiger partial charge in [0.2, 0.25) is 5.95 Å². The molecule has 0 unspecified atom stereocenters. The lowest BCUT2D eigenvalue weighted by Gasteiger charge is -2.33. The van der Waals surface area contributed by atoms with Crippen LogP contribution in [0.15, 0.2) is 66.4 Å². The maximum Gasteiger partial charge on any atom is 0.278 e. The molecular formula is C28H30N10O. The average Bonchev–Trinajstić information content (AvgIpc) is 3.71. The average molecular weight is 523 g/mol. The van der Waals surface area contributed by atoms with Crippen LogP contribution in [0.5, 0.6) is 0 Å². The molecule has 4 aromatic heterocycles. The highest BCUT2D eigenvalue weighted by Crippen LogP contribution is 2.34. The Labute approximate surface area is 225 Å². The number of hydrogen-bond acceptors (Lipinski definition) is 8. The molecule has 2 aliphatic rings. The van der Waals surface area contributed by atoms with Gasteiger partial charge in [0.15, 0.2) is 17.1 Å². The van der Waals surface area contributed by atoms with Gasteiger partial charge in [0, 0.05) is 49.3 Å². The summed E-state index contributed by atoms with van der Waals surface area (Å²) in [5.74, 6) is 0.979. The number of anilines is 3. The van der Waals surface area contributed by atoms with Gasteiger partial charge < -0.3 is 14.8 Å². The molecule has 0 amide bonds. The topological polar surface area (TPSA) is 102 Å². The first-order chi connectivity index (χ1) is 19.0. The number of piperazine rings is 1. The van der Waals surface area contributed by atoms with Gasteiger partial charge in [-0.2, -0.15) is 4.98 Å². The lowest BCUT2D eigenvalue weighted by Crippen LogP contribution is -2.44. The van der Waals surface area contributed by atoms with E-state index in [0.717, 1.165) is 36.5 Å². The van der Waals surface area contributed by atoms with Gasteiger partial charge in [-0.3, -0.25) is 9.69 Å². The highest BCUT2D eigenvalue weighted by molar-refractivity contribution is 5.78. The molecule has 198 valence electrons. The molecule has 2 fully saturated rings. The van der Waals surface area contributed by atoms with Crippen LogP contribution in [0.3, 0.4) is 0 Å². The van der Waals surface area contributed by atoms with Gasteiger partial charge in [-0.05, 0) is 56.8 Å². The van der Waals surface area contributed by atoms with Crippen LogP contribution in [-0.2, 0) is 13.1 Å². The maximum atomic E-state index is 13.3. The van der Waals surface area contributed by atoms with Crippen molar-refractivity contribution in [1.82, 2.24) is 38.8 Å². The predicted molar refractivity (Wildman–Crippen MR) is 152 cm³/mol. The Kier molecular flexibility index (Phi) is 5.48. The van der Waals surface area contributed by atoms with Crippen molar-refractivity contribution in [3.8, 4) is 5.82 Å². The zero-order valence-corrected chi connectivity index (χ0v) is 22.0. The minimum atomic E-state index is -0.197. The van der Waals surface area contributed by atoms with Crippen molar-refractivity contribution in [3.05, 3.63) is 71.9 Å². The largest absolute Gasteiger partial charge is 0.366 e. The van der Waals surface area contributed by atoms with Crippen LogP contribution in [0.1, 0.15) is 13.3 Å². The van der Waals surface area contributed by atoms with Crippen molar-refractivity contribution in [2.45, 2.75) is 38.5 Å². The van der Waals surface area contributed by atoms with E-state index < -0.39 is 0 Å². The van der Waals surface area contributed by atoms with Crippen molar-refractivity contribution in [2.24, 2.45) is 0 Å². The number of fused-ring (bicyclic) bond motifs is 4. The quantitative estimate of drug-likeness (QED) is 0.325. The number of allylic oxidation sites excluding steroid dienone is 1. The first-order valence-electron chi connectivity index (χ1n) is 13.3. The number of nitrogens with zero attached hydrogens (tertiary/aromatic N) is 9. The number of aryl methyl sites for hydroxylation is 1. The molecule has 5 aromatic rings. The molecule has 7 rings (SSSR count). The summed E-state index contributed by atoms with van der Waals surface area (Å²) in [4.78, 5) is 36.8. The molecular weight excluding hydrogens is 492 g/mol. The monoisotopic (exact) mass is 522 g/mol. The van der Waals surface area contributed by atoms with E-state index in [9.17, 15) is 4.79 Å². The Hall–Kier alpha value is -4.51. The molecule has 1 N–H and O–H groups in total. The van der Waals surface area contributed by atoms with Gasteiger partial charge in [0.25, 0.3) is 5.56 Å². The smallest absolute Gasteiger partial charge is 0.278 e. The molecule has 2 bridgehead atoms. The van der Waals surface area contributed by atoms with Gasteiger partial charge in [-0.25, -0.2) is 24.3 Å². The number of likely N-dealkylation sites (tertiary alicyclic amines) is 1. The Bertz CT molecular complexity index is 1760. The lowest BCUT2D eigenvalue weighted by molar-refractivity contribution is 0.292. The van der Waals surface area contributed by atoms with E-state index in [2.05, 4.69) is 63.0 Å². The van der Waals surface area contributed by atoms with Crippen molar-refractivity contribution in [3.63, 3.8) is 0 Å². The molecule has 0 saturated carbocycles. The molecule has 39 heavy (non-hydrogen) atoms. The van der Waals surface area contributed by atoms with Crippen molar-refractivity contribution >= 4 is 39.5 Å². The fourth-order valence-corrected chi connectivity index (χ4v) is 5.94. The number of nitrogens with one attached hydrogen (secondary N) is 1. The van der Waals surface area contributed by atoms with Gasteiger partial charge in [-0.15, -0.1) is 6.58 Å². The second-order valence-electron chi connectivity index (χ2n) is 10.3. The van der Waals surface area contributed by atoms with Crippen LogP contribution in [0.4, 0.5) is 17.3 Å². The van der Waals surface area contributed by atoms with Crippen LogP contribution < -0.4 is 15.8 Å². The van der Waals surface area contributed by atoms with Gasteiger partial charge >= 0.3 is 0 Å². The minimum Gasteiger partial charge on any atom is -0.366 e. The Morgan fingerprint density at radius 1 is 1.05 bits per heavy atom. The molecule has 2 aliphatic heterocycles. The van der Waals surface area contributed by atoms with Crippen LogP contribution in [0.25, 0.3) is 28.0 Å². The molecule has 0 spiro atoms. The summed E-state index contributed by atoms with van der Waals surface area (Å²) in [7, 11) is 2.21. The maximum absolute atomic E-state index is 13.3. The molecule has 11 heteroatoms. The zero-order chi connectivity index (χ0) is 26.7. The number of rotatable bonds is 7. The van der Waals surface area contributed by atoms with E-state index in [0.29, 0.717) is 41.4 Å². The Balaban J connectivity index is 1.24. The fourth-order valence-electron chi connectivity index (χ4n) is 5.94. The summed E-state index contributed by atoms with van der Waals surface area (Å²) in [5, 5.41) is 3.72. The molecule has 0 radical (unpaired) electrons. The predicted octanol–water partition coefficient (Wildman–Crippen LogP) is 3.17. The minimum absolute atomic E-state index is 0.197. The third-order valence-electron chi connectivity index (χ3n) is 7.95. The molecule has 11 nitrogen and oxygen atoms in total. The number of likely N-dealkylation sites (N-methyl/N-ethyl adjacent to an activating group) is 1. The summed E-state index contributed by atoms with van der Waals surface area (Å²) in [5.41, 5.74) is 3.94. The Morgan fingerprint density at radius 2 is 1.90 bits per heavy atom. The van der Waals surface area contributed by atoms with Gasteiger partial charge in [0.1, 0.15) is 10.9 Å². The molecule has 1 aromatic carbocycles. The van der Waals surface area contributed by atoms with Crippen LogP contribution in [-0.4, -0.2) is 71.0 Å². The van der Waals surface area contributed by atoms with E-state index in [1.165, 1.54) is 12.1 Å². The SMILES string of the molecule is C=CCn1c(=O)c2cnc(Nc3ccc(N4C[C@@H]5C[C@H]4CN5C)cc3)nc2n1-c1ccc2ncn(CC)c2n1. The van der Waals surface area contributed by atoms with Gasteiger partial charge in [-0.1, -0.05) is 6.08 Å². The number of hydrogen-bond donors (Lipinski definition) is 1. The summed E-state index contributed by atoms with van der Waals surface area (Å²) in [6, 6.07) is 13.4. The normalized spacial score (nSPS) is 19.0. The van der Waals surface area contributed by atoms with Crippen molar-refractivity contribution in [1.29, 1.82) is 0 Å². The summed E-state index contributed by atoms with van der Waals surface area (Å²) in [6.07, 6.45) is 6.27. The van der Waals surface area contributed by atoms with E-state index in [1.54, 1.807) is 28.0 Å². The van der Waals surface area contributed by atoms with Gasteiger partial charge in [0.05, 0.1) is 12.9 Å².